The molecule has 0 spiro atoms. The van der Waals surface area contributed by atoms with Crippen LogP contribution < -0.4 is 4.90 Å². The molecular formula is C14H17NS2. The van der Waals surface area contributed by atoms with Gasteiger partial charge in [-0.05, 0) is 57.0 Å². The van der Waals surface area contributed by atoms with Crippen LogP contribution in [0, 0.1) is 13.8 Å². The van der Waals surface area contributed by atoms with Crippen LogP contribution in [0.2, 0.25) is 0 Å². The van der Waals surface area contributed by atoms with Gasteiger partial charge in [0, 0.05) is 16.3 Å². The molecule has 1 aromatic carbocycles. The van der Waals surface area contributed by atoms with Gasteiger partial charge in [0.2, 0.25) is 0 Å². The summed E-state index contributed by atoms with van der Waals surface area (Å²) >= 11 is 7.00. The van der Waals surface area contributed by atoms with Gasteiger partial charge in [-0.2, -0.15) is 0 Å². The summed E-state index contributed by atoms with van der Waals surface area (Å²) in [6, 6.07) is 4.55. The molecule has 0 unspecified atom stereocenters. The van der Waals surface area contributed by atoms with Gasteiger partial charge < -0.3 is 4.90 Å². The molecule has 3 heteroatoms. The zero-order valence-electron chi connectivity index (χ0n) is 10.7. The van der Waals surface area contributed by atoms with Gasteiger partial charge in [-0.15, -0.1) is 0 Å². The maximum atomic E-state index is 5.18. The van der Waals surface area contributed by atoms with Crippen molar-refractivity contribution in [1.29, 1.82) is 0 Å². The Kier molecular flexibility index (Phi) is 3.59. The summed E-state index contributed by atoms with van der Waals surface area (Å²) in [4.78, 5) is 4.62. The molecule has 1 aliphatic heterocycles. The summed E-state index contributed by atoms with van der Waals surface area (Å²) in [6.07, 6.45) is 2.09. The van der Waals surface area contributed by atoms with E-state index >= 15 is 0 Å². The highest BCUT2D eigenvalue weighted by Gasteiger charge is 2.24. The van der Waals surface area contributed by atoms with Crippen molar-refractivity contribution in [3.8, 4) is 0 Å². The number of allylic oxidation sites excluding steroid dienone is 1. The van der Waals surface area contributed by atoms with E-state index in [2.05, 4.69) is 43.9 Å². The molecule has 0 radical (unpaired) electrons. The van der Waals surface area contributed by atoms with E-state index in [1.807, 2.05) is 18.7 Å². The Morgan fingerprint density at radius 1 is 1.35 bits per heavy atom. The number of benzene rings is 1. The fourth-order valence-electron chi connectivity index (χ4n) is 1.96. The molecular weight excluding hydrogens is 246 g/mol. The Bertz CT molecular complexity index is 503. The van der Waals surface area contributed by atoms with E-state index < -0.39 is 0 Å². The first-order chi connectivity index (χ1) is 8.02. The van der Waals surface area contributed by atoms with Crippen molar-refractivity contribution in [2.24, 2.45) is 0 Å². The monoisotopic (exact) mass is 263 g/mol. The van der Waals surface area contributed by atoms with Gasteiger partial charge in [0.05, 0.1) is 10.7 Å². The first-order valence-corrected chi connectivity index (χ1v) is 7.04. The Morgan fingerprint density at radius 2 is 2.00 bits per heavy atom. The Balaban J connectivity index is 2.49. The van der Waals surface area contributed by atoms with Gasteiger partial charge in [-0.1, -0.05) is 24.0 Å². The molecule has 1 nitrogen and oxygen atoms in total. The van der Waals surface area contributed by atoms with Crippen LogP contribution in [0.15, 0.2) is 28.1 Å². The van der Waals surface area contributed by atoms with Gasteiger partial charge in [-0.25, -0.2) is 0 Å². The van der Waals surface area contributed by atoms with Crippen LogP contribution in [0.4, 0.5) is 5.69 Å². The molecule has 1 heterocycles. The second-order valence-corrected chi connectivity index (χ2v) is 6.05. The Hall–Kier alpha value is -0.800. The van der Waals surface area contributed by atoms with Crippen molar-refractivity contribution in [3.05, 3.63) is 34.4 Å². The van der Waals surface area contributed by atoms with Crippen molar-refractivity contribution in [1.82, 2.24) is 0 Å². The minimum Gasteiger partial charge on any atom is -0.335 e. The van der Waals surface area contributed by atoms with E-state index in [0.29, 0.717) is 0 Å². The summed E-state index contributed by atoms with van der Waals surface area (Å²) in [5, 5.41) is 1.25. The van der Waals surface area contributed by atoms with Crippen molar-refractivity contribution >= 4 is 34.5 Å². The Labute approximate surface area is 113 Å². The smallest absolute Gasteiger partial charge is 0.0812 e. The number of nitrogens with zero attached hydrogens (tertiary/aromatic N) is 1. The van der Waals surface area contributed by atoms with Gasteiger partial charge >= 0.3 is 0 Å². The molecule has 90 valence electrons. The lowest BCUT2D eigenvalue weighted by Gasteiger charge is -2.18. The molecule has 0 N–H and O–H groups in total. The topological polar surface area (TPSA) is 3.24 Å². The number of thioether (sulfide) groups is 1. The summed E-state index contributed by atoms with van der Waals surface area (Å²) in [5.41, 5.74) is 4.03. The van der Waals surface area contributed by atoms with Crippen molar-refractivity contribution in [3.63, 3.8) is 0 Å². The largest absolute Gasteiger partial charge is 0.335 e. The molecule has 1 aliphatic rings. The van der Waals surface area contributed by atoms with E-state index in [4.69, 9.17) is 12.2 Å². The van der Waals surface area contributed by atoms with Crippen LogP contribution in [0.5, 0.6) is 0 Å². The lowest BCUT2D eigenvalue weighted by molar-refractivity contribution is 0.999. The van der Waals surface area contributed by atoms with Gasteiger partial charge in [0.15, 0.2) is 0 Å². The van der Waals surface area contributed by atoms with E-state index in [-0.39, 0.29) is 0 Å². The van der Waals surface area contributed by atoms with Crippen LogP contribution in [0.1, 0.15) is 25.0 Å². The third-order valence-corrected chi connectivity index (χ3v) is 4.20. The average Bonchev–Trinajstić information content (AvgIpc) is 2.54. The predicted molar refractivity (Wildman–Crippen MR) is 81.1 cm³/mol. The minimum absolute atomic E-state index is 0.937. The van der Waals surface area contributed by atoms with E-state index in [9.17, 15) is 0 Å². The Morgan fingerprint density at radius 3 is 2.59 bits per heavy atom. The zero-order chi connectivity index (χ0) is 12.6. The molecule has 0 atom stereocenters. The fraction of sp³-hybridized carbons (Fsp3) is 0.357. The predicted octanol–water partition coefficient (Wildman–Crippen LogP) is 4.47. The minimum atomic E-state index is 0.937. The van der Waals surface area contributed by atoms with E-state index in [0.717, 1.165) is 11.4 Å². The number of aryl methyl sites for hydroxylation is 2. The molecule has 0 saturated heterocycles. The highest BCUT2D eigenvalue weighted by molar-refractivity contribution is 8.03. The second-order valence-electron chi connectivity index (χ2n) is 4.34. The van der Waals surface area contributed by atoms with Crippen LogP contribution >= 0.6 is 24.0 Å². The molecule has 17 heavy (non-hydrogen) atoms. The molecule has 0 aromatic heterocycles. The number of anilines is 1. The standard InChI is InChI=1S/C14H17NS2/c1-5-15-12-6-9(2)10(3)7-13(12)17-14(15)8-11(4)16/h6-8H,5H2,1-4H3/b14-8+. The van der Waals surface area contributed by atoms with Gasteiger partial charge in [0.25, 0.3) is 0 Å². The number of hydrogen-bond acceptors (Lipinski definition) is 3. The SMILES string of the molecule is CCN1/C(=C\C(C)=S)Sc2cc(C)c(C)cc21. The lowest BCUT2D eigenvalue weighted by Crippen LogP contribution is -2.17. The van der Waals surface area contributed by atoms with Gasteiger partial charge in [-0.3, -0.25) is 0 Å². The van der Waals surface area contributed by atoms with Crippen molar-refractivity contribution in [2.75, 3.05) is 11.4 Å². The maximum absolute atomic E-state index is 5.18. The number of thiocarbonyl (C=S) groups is 1. The normalized spacial score (nSPS) is 16.5. The van der Waals surface area contributed by atoms with Gasteiger partial charge in [0.1, 0.15) is 0 Å². The molecule has 0 amide bonds. The quantitative estimate of drug-likeness (QED) is 0.572. The zero-order valence-corrected chi connectivity index (χ0v) is 12.3. The molecule has 0 bridgehead atoms. The molecule has 1 aromatic rings. The number of hydrogen-bond donors (Lipinski definition) is 0. The average molecular weight is 263 g/mol. The number of rotatable bonds is 2. The summed E-state index contributed by atoms with van der Waals surface area (Å²) in [5.74, 6) is 0. The third kappa shape index (κ3) is 2.40. The first kappa shape index (κ1) is 12.7. The summed E-state index contributed by atoms with van der Waals surface area (Å²) < 4.78 is 0. The maximum Gasteiger partial charge on any atom is 0.0812 e. The third-order valence-electron chi connectivity index (χ3n) is 2.99. The fourth-order valence-corrected chi connectivity index (χ4v) is 3.46. The molecule has 2 rings (SSSR count). The van der Waals surface area contributed by atoms with E-state index in [1.54, 1.807) is 0 Å². The second kappa shape index (κ2) is 4.83. The first-order valence-electron chi connectivity index (χ1n) is 5.81. The number of fused-ring (bicyclic) bond motifs is 1. The van der Waals surface area contributed by atoms with Crippen LogP contribution in [-0.2, 0) is 0 Å². The highest BCUT2D eigenvalue weighted by atomic mass is 32.2. The lowest BCUT2D eigenvalue weighted by atomic mass is 10.1. The van der Waals surface area contributed by atoms with Crippen molar-refractivity contribution < 1.29 is 0 Å². The summed E-state index contributed by atoms with van der Waals surface area (Å²) in [7, 11) is 0. The highest BCUT2D eigenvalue weighted by Crippen LogP contribution is 2.46. The molecule has 0 saturated carbocycles. The van der Waals surface area contributed by atoms with E-state index in [1.165, 1.54) is 26.7 Å². The van der Waals surface area contributed by atoms with Crippen LogP contribution in [-0.4, -0.2) is 11.4 Å². The van der Waals surface area contributed by atoms with Crippen LogP contribution in [0.3, 0.4) is 0 Å². The molecule has 0 aliphatic carbocycles. The van der Waals surface area contributed by atoms with Crippen molar-refractivity contribution in [2.45, 2.75) is 32.6 Å². The van der Waals surface area contributed by atoms with Crippen LogP contribution in [0.25, 0.3) is 0 Å². The molecule has 0 fully saturated rings. The summed E-state index contributed by atoms with van der Waals surface area (Å²) in [6.45, 7) is 9.46.